The number of aryl methyl sites for hydroxylation is 1. The normalized spacial score (nSPS) is 11.9. The fourth-order valence-electron chi connectivity index (χ4n) is 2.43. The lowest BCUT2D eigenvalue weighted by Crippen LogP contribution is -2.43. The molecule has 0 unspecified atom stereocenters. The van der Waals surface area contributed by atoms with E-state index < -0.39 is 11.5 Å². The Bertz CT molecular complexity index is 1020. The largest absolute Gasteiger partial charge is 0.856 e. The molecule has 0 atom stereocenters. The van der Waals surface area contributed by atoms with Crippen LogP contribution in [0, 0.1) is 0 Å². The van der Waals surface area contributed by atoms with Crippen LogP contribution in [0.5, 0.6) is 5.75 Å². The second-order valence-electron chi connectivity index (χ2n) is 5.75. The molecule has 1 aromatic heterocycles. The van der Waals surface area contributed by atoms with Gasteiger partial charge in [0.25, 0.3) is 0 Å². The highest BCUT2D eigenvalue weighted by molar-refractivity contribution is 5.86. The van der Waals surface area contributed by atoms with Crippen LogP contribution >= 0.6 is 0 Å². The first-order valence-electron chi connectivity index (χ1n) is 8.23. The van der Waals surface area contributed by atoms with E-state index in [0.717, 1.165) is 21.7 Å². The molecule has 0 saturated carbocycles. The van der Waals surface area contributed by atoms with Gasteiger partial charge in [0.2, 0.25) is 5.69 Å². The van der Waals surface area contributed by atoms with Crippen molar-refractivity contribution < 1.29 is 14.5 Å². The molecule has 1 heterocycles. The molecular weight excluding hydrogens is 346 g/mol. The molecule has 0 fully saturated rings. The van der Waals surface area contributed by atoms with Gasteiger partial charge in [-0.15, -0.1) is 0 Å². The molecule has 0 amide bonds. The van der Waals surface area contributed by atoms with E-state index in [1.807, 2.05) is 30.3 Å². The van der Waals surface area contributed by atoms with E-state index in [1.54, 1.807) is 38.4 Å². The molecule has 1 N–H and O–H groups in total. The van der Waals surface area contributed by atoms with Crippen molar-refractivity contribution in [3.63, 3.8) is 0 Å². The van der Waals surface area contributed by atoms with E-state index in [0.29, 0.717) is 0 Å². The fraction of sp³-hybridized carbons (Fsp3) is 0.158. The van der Waals surface area contributed by atoms with Gasteiger partial charge in [0.05, 0.1) is 19.9 Å². The summed E-state index contributed by atoms with van der Waals surface area (Å²) in [5, 5.41) is 19.1. The van der Waals surface area contributed by atoms with Crippen molar-refractivity contribution in [2.75, 3.05) is 7.11 Å². The van der Waals surface area contributed by atoms with Crippen LogP contribution in [0.3, 0.4) is 0 Å². The van der Waals surface area contributed by atoms with E-state index in [1.165, 1.54) is 10.9 Å². The van der Waals surface area contributed by atoms with E-state index in [2.05, 4.69) is 15.3 Å². The van der Waals surface area contributed by atoms with E-state index in [-0.39, 0.29) is 12.2 Å². The quantitative estimate of drug-likeness (QED) is 0.384. The zero-order valence-corrected chi connectivity index (χ0v) is 15.0. The summed E-state index contributed by atoms with van der Waals surface area (Å²) in [6, 6.07) is 16.5. The lowest BCUT2D eigenvalue weighted by atomic mass is 10.2. The molecule has 8 nitrogen and oxygen atoms in total. The fourth-order valence-corrected chi connectivity index (χ4v) is 2.43. The summed E-state index contributed by atoms with van der Waals surface area (Å²) >= 11 is 0. The topological polar surface area (TPSA) is 98.7 Å². The number of ether oxygens (including phenoxy) is 1. The zero-order valence-electron chi connectivity index (χ0n) is 15.0. The van der Waals surface area contributed by atoms with Gasteiger partial charge in [-0.1, -0.05) is 40.6 Å². The van der Waals surface area contributed by atoms with E-state index in [4.69, 9.17) is 4.74 Å². The zero-order chi connectivity index (χ0) is 19.2. The van der Waals surface area contributed by atoms with Crippen molar-refractivity contribution in [1.29, 1.82) is 0 Å². The maximum absolute atomic E-state index is 12.5. The summed E-state index contributed by atoms with van der Waals surface area (Å²) in [5.74, 6) is 0.129. The smallest absolute Gasteiger partial charge is 0.427 e. The Morgan fingerprint density at radius 3 is 2.59 bits per heavy atom. The molecule has 0 aliphatic rings. The first-order valence-corrected chi connectivity index (χ1v) is 8.23. The van der Waals surface area contributed by atoms with Gasteiger partial charge in [-0.2, -0.15) is 4.68 Å². The van der Waals surface area contributed by atoms with E-state index in [9.17, 15) is 9.90 Å². The van der Waals surface area contributed by atoms with Crippen molar-refractivity contribution in [2.24, 2.45) is 17.1 Å². The Balaban J connectivity index is 1.81. The third-order valence-corrected chi connectivity index (χ3v) is 3.86. The summed E-state index contributed by atoms with van der Waals surface area (Å²) in [6.45, 7) is 0.208. The SMILES string of the molecule is COc1ccc(C=Nn2[nH][n+](C)c(C([O-])=NCc3ccccc3)c2=O)cc1. The standard InChI is InChI=1S/C19H19N5O3/c1-23-17(18(25)20-12-14-6-4-3-5-7-14)19(26)24(22-23)21-13-15-8-10-16(27-2)11-9-15/h3-11,13H,12H2,1-2H3,(H-,20,22,25,26). The number of rotatable bonds is 6. The number of nitrogens with zero attached hydrogens (tertiary/aromatic N) is 4. The predicted octanol–water partition coefficient (Wildman–Crippen LogP) is 0.199. The number of aromatic amines is 1. The van der Waals surface area contributed by atoms with Crippen LogP contribution in [0.15, 0.2) is 69.5 Å². The third kappa shape index (κ3) is 4.30. The molecule has 0 aliphatic carbocycles. The number of aliphatic imine (C=N–C) groups is 1. The van der Waals surface area contributed by atoms with Crippen LogP contribution in [0.25, 0.3) is 0 Å². The number of H-pyrrole nitrogens is 1. The second-order valence-corrected chi connectivity index (χ2v) is 5.75. The third-order valence-electron chi connectivity index (χ3n) is 3.86. The summed E-state index contributed by atoms with van der Waals surface area (Å²) in [7, 11) is 3.15. The summed E-state index contributed by atoms with van der Waals surface area (Å²) in [6.07, 6.45) is 1.51. The molecule has 0 aliphatic heterocycles. The van der Waals surface area contributed by atoms with Gasteiger partial charge >= 0.3 is 5.56 Å². The molecule has 138 valence electrons. The van der Waals surface area contributed by atoms with Gasteiger partial charge < -0.3 is 9.84 Å². The monoisotopic (exact) mass is 365 g/mol. The van der Waals surface area contributed by atoms with Crippen LogP contribution in [-0.4, -0.2) is 29.2 Å². The van der Waals surface area contributed by atoms with Crippen molar-refractivity contribution >= 4 is 12.1 Å². The summed E-state index contributed by atoms with van der Waals surface area (Å²) < 4.78 is 6.40. The number of nitrogens with one attached hydrogen (secondary N) is 1. The van der Waals surface area contributed by atoms with Crippen LogP contribution < -0.4 is 20.1 Å². The molecule has 2 aromatic carbocycles. The van der Waals surface area contributed by atoms with Gasteiger partial charge in [0.1, 0.15) is 12.8 Å². The minimum atomic E-state index is -0.596. The Morgan fingerprint density at radius 2 is 1.93 bits per heavy atom. The summed E-state index contributed by atoms with van der Waals surface area (Å²) in [4.78, 5) is 17.4. The molecule has 0 saturated heterocycles. The number of benzene rings is 2. The van der Waals surface area contributed by atoms with Gasteiger partial charge in [0.15, 0.2) is 0 Å². The Hall–Kier alpha value is -3.68. The van der Waals surface area contributed by atoms with Gasteiger partial charge in [-0.3, -0.25) is 4.99 Å². The molecule has 0 spiro atoms. The predicted molar refractivity (Wildman–Crippen MR) is 98.9 cm³/mol. The van der Waals surface area contributed by atoms with Crippen molar-refractivity contribution in [3.05, 3.63) is 81.8 Å². The average Bonchev–Trinajstić information content (AvgIpc) is 2.99. The van der Waals surface area contributed by atoms with Crippen LogP contribution in [0.4, 0.5) is 0 Å². The van der Waals surface area contributed by atoms with Crippen molar-refractivity contribution in [3.8, 4) is 5.75 Å². The molecular formula is C19H19N5O3. The minimum Gasteiger partial charge on any atom is -0.856 e. The lowest BCUT2D eigenvalue weighted by Gasteiger charge is -2.05. The number of hydrogen-bond donors (Lipinski definition) is 1. The number of hydrogen-bond acceptors (Lipinski definition) is 5. The van der Waals surface area contributed by atoms with Gasteiger partial charge in [-0.25, -0.2) is 4.79 Å². The second kappa shape index (κ2) is 8.13. The Labute approximate surface area is 155 Å². The lowest BCUT2D eigenvalue weighted by molar-refractivity contribution is -0.735. The van der Waals surface area contributed by atoms with Crippen LogP contribution in [-0.2, 0) is 13.6 Å². The molecule has 3 aromatic rings. The van der Waals surface area contributed by atoms with Crippen molar-refractivity contribution in [1.82, 2.24) is 10.0 Å². The molecule has 8 heteroatoms. The van der Waals surface area contributed by atoms with Crippen LogP contribution in [0.2, 0.25) is 0 Å². The minimum absolute atomic E-state index is 0.0854. The highest BCUT2D eigenvalue weighted by Crippen LogP contribution is 2.09. The number of methoxy groups -OCH3 is 1. The summed E-state index contributed by atoms with van der Waals surface area (Å²) in [5.41, 5.74) is 1.02. The molecule has 0 bridgehead atoms. The maximum Gasteiger partial charge on any atom is 0.427 e. The highest BCUT2D eigenvalue weighted by Gasteiger charge is 2.19. The molecule has 3 rings (SSSR count). The first-order chi connectivity index (χ1) is 13.1. The molecule has 0 radical (unpaired) electrons. The van der Waals surface area contributed by atoms with Crippen LogP contribution in [0.1, 0.15) is 16.8 Å². The Morgan fingerprint density at radius 1 is 1.22 bits per heavy atom. The highest BCUT2D eigenvalue weighted by atomic mass is 16.5. The average molecular weight is 365 g/mol. The first kappa shape index (κ1) is 18.1. The van der Waals surface area contributed by atoms with Gasteiger partial charge in [-0.05, 0) is 35.4 Å². The number of aromatic nitrogens is 3. The van der Waals surface area contributed by atoms with Gasteiger partial charge in [0, 0.05) is 10.7 Å². The van der Waals surface area contributed by atoms with Crippen molar-refractivity contribution in [2.45, 2.75) is 6.54 Å². The van der Waals surface area contributed by atoms with E-state index >= 15 is 0 Å². The molecule has 27 heavy (non-hydrogen) atoms. The Kier molecular flexibility index (Phi) is 5.46. The maximum atomic E-state index is 12.5.